The van der Waals surface area contributed by atoms with Crippen molar-refractivity contribution in [1.82, 2.24) is 15.0 Å². The van der Waals surface area contributed by atoms with Crippen LogP contribution in [0.3, 0.4) is 0 Å². The summed E-state index contributed by atoms with van der Waals surface area (Å²) in [4.78, 5) is 25.7. The number of aromatic nitrogens is 3. The number of methoxy groups -OCH3 is 1. The van der Waals surface area contributed by atoms with Crippen molar-refractivity contribution < 1.29 is 9.53 Å². The molecule has 0 radical (unpaired) electrons. The van der Waals surface area contributed by atoms with E-state index in [1.807, 2.05) is 56.5 Å². The van der Waals surface area contributed by atoms with Crippen molar-refractivity contribution in [3.05, 3.63) is 47.1 Å². The molecule has 140 valence electrons. The van der Waals surface area contributed by atoms with Crippen LogP contribution in [-0.4, -0.2) is 33.2 Å². The number of ether oxygens (including phenoxy) is 1. The first-order valence-electron chi connectivity index (χ1n) is 8.34. The highest BCUT2D eigenvalue weighted by Gasteiger charge is 2.18. The van der Waals surface area contributed by atoms with Gasteiger partial charge in [0.2, 0.25) is 5.91 Å². The molecule has 0 saturated carbocycles. The number of carbonyl (C=O) groups excluding carboxylic acids is 1. The van der Waals surface area contributed by atoms with E-state index >= 15 is 0 Å². The number of thiazole rings is 1. The molecule has 8 heteroatoms. The number of benzene rings is 1. The van der Waals surface area contributed by atoms with Crippen molar-refractivity contribution in [3.8, 4) is 17.0 Å². The van der Waals surface area contributed by atoms with E-state index in [1.54, 1.807) is 7.11 Å². The largest absolute Gasteiger partial charge is 0.497 e. The molecule has 1 atom stereocenters. The minimum atomic E-state index is -0.334. The number of nitrogens with zero attached hydrogens (tertiary/aromatic N) is 3. The monoisotopic (exact) mass is 400 g/mol. The molecule has 0 aliphatic rings. The molecular weight excluding hydrogens is 380 g/mol. The van der Waals surface area contributed by atoms with Gasteiger partial charge >= 0.3 is 0 Å². The molecule has 1 amide bonds. The number of hydrogen-bond acceptors (Lipinski definition) is 7. The molecule has 0 fully saturated rings. The molecule has 0 aliphatic carbocycles. The number of hydrogen-bond donors (Lipinski definition) is 1. The SMILES string of the molecule is COc1ccc(-c2csc(NC(=O)C(C)Sc3nc(C)cc(C)n3)n2)cc1. The molecule has 2 aromatic heterocycles. The summed E-state index contributed by atoms with van der Waals surface area (Å²) < 4.78 is 5.17. The summed E-state index contributed by atoms with van der Waals surface area (Å²) in [6, 6.07) is 9.56. The minimum Gasteiger partial charge on any atom is -0.497 e. The Bertz CT molecular complexity index is 921. The van der Waals surface area contributed by atoms with Crippen LogP contribution in [0.1, 0.15) is 18.3 Å². The van der Waals surface area contributed by atoms with Crippen molar-refractivity contribution >= 4 is 34.1 Å². The van der Waals surface area contributed by atoms with E-state index in [4.69, 9.17) is 4.74 Å². The Kier molecular flexibility index (Phi) is 6.08. The number of aryl methyl sites for hydroxylation is 2. The molecule has 1 aromatic carbocycles. The summed E-state index contributed by atoms with van der Waals surface area (Å²) in [5.74, 6) is 0.667. The Balaban J connectivity index is 1.64. The van der Waals surface area contributed by atoms with Crippen molar-refractivity contribution in [2.75, 3.05) is 12.4 Å². The van der Waals surface area contributed by atoms with Gasteiger partial charge in [0.25, 0.3) is 0 Å². The lowest BCUT2D eigenvalue weighted by molar-refractivity contribution is -0.115. The zero-order chi connectivity index (χ0) is 19.4. The van der Waals surface area contributed by atoms with Gasteiger partial charge in [0.15, 0.2) is 10.3 Å². The molecule has 0 bridgehead atoms. The third-order valence-corrected chi connectivity index (χ3v) is 5.45. The van der Waals surface area contributed by atoms with Crippen molar-refractivity contribution in [2.24, 2.45) is 0 Å². The van der Waals surface area contributed by atoms with Crippen LogP contribution in [0.25, 0.3) is 11.3 Å². The maximum absolute atomic E-state index is 12.5. The van der Waals surface area contributed by atoms with Crippen LogP contribution >= 0.6 is 23.1 Å². The lowest BCUT2D eigenvalue weighted by Gasteiger charge is -2.10. The smallest absolute Gasteiger partial charge is 0.239 e. The van der Waals surface area contributed by atoms with E-state index in [2.05, 4.69) is 20.3 Å². The Morgan fingerprint density at radius 2 is 1.81 bits per heavy atom. The van der Waals surface area contributed by atoms with Crippen LogP contribution in [-0.2, 0) is 4.79 Å². The highest BCUT2D eigenvalue weighted by Crippen LogP contribution is 2.27. The first-order chi connectivity index (χ1) is 12.9. The van der Waals surface area contributed by atoms with Gasteiger partial charge in [-0.05, 0) is 51.1 Å². The van der Waals surface area contributed by atoms with Crippen LogP contribution < -0.4 is 10.1 Å². The normalized spacial score (nSPS) is 11.9. The predicted octanol–water partition coefficient (Wildman–Crippen LogP) is 4.34. The number of rotatable bonds is 6. The Labute approximate surface area is 166 Å². The van der Waals surface area contributed by atoms with E-state index in [0.717, 1.165) is 28.4 Å². The molecule has 0 spiro atoms. The second-order valence-electron chi connectivity index (χ2n) is 5.95. The molecule has 0 saturated heterocycles. The number of amides is 1. The summed E-state index contributed by atoms with van der Waals surface area (Å²) in [5, 5.41) is 5.63. The van der Waals surface area contributed by atoms with Gasteiger partial charge < -0.3 is 10.1 Å². The Hall–Kier alpha value is -2.45. The van der Waals surface area contributed by atoms with Gasteiger partial charge in [-0.3, -0.25) is 4.79 Å². The molecule has 1 unspecified atom stereocenters. The second-order valence-corrected chi connectivity index (χ2v) is 8.12. The van der Waals surface area contributed by atoms with Gasteiger partial charge in [0.05, 0.1) is 18.1 Å². The standard InChI is InChI=1S/C19H20N4O2S2/c1-11-9-12(2)21-19(20-11)27-13(3)17(24)23-18-22-16(10-26-18)14-5-7-15(25-4)8-6-14/h5-10,13H,1-4H3,(H,22,23,24). The number of carbonyl (C=O) groups is 1. The Morgan fingerprint density at radius 3 is 2.44 bits per heavy atom. The fraction of sp³-hybridized carbons (Fsp3) is 0.263. The topological polar surface area (TPSA) is 77.0 Å². The number of anilines is 1. The van der Waals surface area contributed by atoms with E-state index in [1.165, 1.54) is 23.1 Å². The molecule has 2 heterocycles. The summed E-state index contributed by atoms with van der Waals surface area (Å²) in [6.45, 7) is 5.67. The highest BCUT2D eigenvalue weighted by molar-refractivity contribution is 8.00. The van der Waals surface area contributed by atoms with Crippen molar-refractivity contribution in [1.29, 1.82) is 0 Å². The zero-order valence-electron chi connectivity index (χ0n) is 15.5. The quantitative estimate of drug-likeness (QED) is 0.490. The first kappa shape index (κ1) is 19.3. The first-order valence-corrected chi connectivity index (χ1v) is 10.1. The van der Waals surface area contributed by atoms with Crippen molar-refractivity contribution in [3.63, 3.8) is 0 Å². The maximum atomic E-state index is 12.5. The van der Waals surface area contributed by atoms with E-state index in [0.29, 0.717) is 10.3 Å². The maximum Gasteiger partial charge on any atom is 0.239 e. The average Bonchev–Trinajstić information content (AvgIpc) is 3.09. The van der Waals surface area contributed by atoms with E-state index < -0.39 is 0 Å². The average molecular weight is 401 g/mol. The third-order valence-electron chi connectivity index (χ3n) is 3.73. The van der Waals surface area contributed by atoms with Crippen LogP contribution in [0.5, 0.6) is 5.75 Å². The third kappa shape index (κ3) is 5.05. The van der Waals surface area contributed by atoms with Crippen molar-refractivity contribution in [2.45, 2.75) is 31.2 Å². The Morgan fingerprint density at radius 1 is 1.15 bits per heavy atom. The van der Waals surface area contributed by atoms with Gasteiger partial charge in [-0.1, -0.05) is 11.8 Å². The van der Waals surface area contributed by atoms with Crippen LogP contribution in [0.15, 0.2) is 40.9 Å². The van der Waals surface area contributed by atoms with Gasteiger partial charge in [-0.25, -0.2) is 15.0 Å². The minimum absolute atomic E-state index is 0.126. The van der Waals surface area contributed by atoms with Gasteiger partial charge in [-0.15, -0.1) is 11.3 Å². The molecule has 6 nitrogen and oxygen atoms in total. The summed E-state index contributed by atoms with van der Waals surface area (Å²) >= 11 is 2.73. The number of thioether (sulfide) groups is 1. The molecular formula is C19H20N4O2S2. The fourth-order valence-electron chi connectivity index (χ4n) is 2.39. The molecule has 3 aromatic rings. The molecule has 1 N–H and O–H groups in total. The van der Waals surface area contributed by atoms with E-state index in [-0.39, 0.29) is 11.2 Å². The van der Waals surface area contributed by atoms with Gasteiger partial charge in [0.1, 0.15) is 5.75 Å². The summed E-state index contributed by atoms with van der Waals surface area (Å²) in [5.41, 5.74) is 3.57. The summed E-state index contributed by atoms with van der Waals surface area (Å²) in [6.07, 6.45) is 0. The number of nitrogens with one attached hydrogen (secondary N) is 1. The lowest BCUT2D eigenvalue weighted by Crippen LogP contribution is -2.22. The van der Waals surface area contributed by atoms with Gasteiger partial charge in [0, 0.05) is 22.3 Å². The van der Waals surface area contributed by atoms with Gasteiger partial charge in [-0.2, -0.15) is 0 Å². The lowest BCUT2D eigenvalue weighted by atomic mass is 10.2. The zero-order valence-corrected chi connectivity index (χ0v) is 17.1. The predicted molar refractivity (Wildman–Crippen MR) is 110 cm³/mol. The molecule has 0 aliphatic heterocycles. The van der Waals surface area contributed by atoms with Crippen LogP contribution in [0.4, 0.5) is 5.13 Å². The summed E-state index contributed by atoms with van der Waals surface area (Å²) in [7, 11) is 1.63. The van der Waals surface area contributed by atoms with E-state index in [9.17, 15) is 4.79 Å². The molecule has 3 rings (SSSR count). The molecule has 27 heavy (non-hydrogen) atoms. The van der Waals surface area contributed by atoms with Crippen LogP contribution in [0.2, 0.25) is 0 Å². The second kappa shape index (κ2) is 8.49. The fourth-order valence-corrected chi connectivity index (χ4v) is 3.99. The van der Waals surface area contributed by atoms with Crippen LogP contribution in [0, 0.1) is 13.8 Å². The highest BCUT2D eigenvalue weighted by atomic mass is 32.2.